The number of likely N-dealkylation sites (tertiary alicyclic amines) is 2. The zero-order valence-corrected chi connectivity index (χ0v) is 23.2. The van der Waals surface area contributed by atoms with Crippen LogP contribution in [0.3, 0.4) is 0 Å². The lowest BCUT2D eigenvalue weighted by atomic mass is 9.42. The Bertz CT molecular complexity index is 1370. The van der Waals surface area contributed by atoms with Gasteiger partial charge in [0.2, 0.25) is 5.91 Å². The molecule has 1 N–H and O–H groups in total. The molecule has 8 aliphatic rings. The molecule has 40 heavy (non-hydrogen) atoms. The summed E-state index contributed by atoms with van der Waals surface area (Å²) in [5.74, 6) is 2.91. The Labute approximate surface area is 235 Å². The number of carbonyl (C=O) groups is 1. The molecule has 2 spiro atoms. The van der Waals surface area contributed by atoms with Crippen LogP contribution in [0.25, 0.3) is 0 Å². The number of aromatic nitrogens is 2. The van der Waals surface area contributed by atoms with Crippen LogP contribution >= 0.6 is 0 Å². The van der Waals surface area contributed by atoms with E-state index in [1.165, 1.54) is 30.5 Å². The van der Waals surface area contributed by atoms with E-state index in [-0.39, 0.29) is 40.7 Å². The average molecular weight is 542 g/mol. The lowest BCUT2D eigenvalue weighted by Crippen LogP contribution is -2.73. The first-order chi connectivity index (χ1) is 19.6. The quantitative estimate of drug-likeness (QED) is 0.622. The molecule has 10 rings (SSSR count). The number of ether oxygens (including phenoxy) is 1. The van der Waals surface area contributed by atoms with Crippen molar-refractivity contribution in [1.82, 2.24) is 24.7 Å². The summed E-state index contributed by atoms with van der Waals surface area (Å²) in [6.45, 7) is 4.66. The number of piperidine rings is 1. The van der Waals surface area contributed by atoms with Crippen molar-refractivity contribution < 1.29 is 14.6 Å². The number of amides is 1. The van der Waals surface area contributed by atoms with Crippen molar-refractivity contribution in [2.75, 3.05) is 26.2 Å². The highest BCUT2D eigenvalue weighted by Gasteiger charge is 2.74. The van der Waals surface area contributed by atoms with E-state index in [9.17, 15) is 9.90 Å². The number of hydrogen-bond donors (Lipinski definition) is 1. The molecule has 2 saturated carbocycles. The van der Waals surface area contributed by atoms with Crippen molar-refractivity contribution in [2.45, 2.75) is 94.0 Å². The van der Waals surface area contributed by atoms with Crippen LogP contribution in [0.4, 0.5) is 0 Å². The number of rotatable bonds is 5. The summed E-state index contributed by atoms with van der Waals surface area (Å²) in [5.41, 5.74) is 2.67. The van der Waals surface area contributed by atoms with Gasteiger partial charge in [0.05, 0.1) is 18.6 Å². The molecule has 3 aliphatic carbocycles. The lowest BCUT2D eigenvalue weighted by molar-refractivity contribution is -0.147. The minimum absolute atomic E-state index is 0.0481. The van der Waals surface area contributed by atoms with Gasteiger partial charge in [-0.2, -0.15) is 0 Å². The third-order valence-electron chi connectivity index (χ3n) is 12.1. The molecular formula is C32H39N5O3. The minimum atomic E-state index is -0.128. The Kier molecular flexibility index (Phi) is 5.04. The summed E-state index contributed by atoms with van der Waals surface area (Å²) >= 11 is 0. The van der Waals surface area contributed by atoms with Crippen molar-refractivity contribution in [1.29, 1.82) is 0 Å². The number of fused-ring (bicyclic) bond motifs is 3. The van der Waals surface area contributed by atoms with E-state index in [4.69, 9.17) is 4.74 Å². The number of hydrogen-bond acceptors (Lipinski definition) is 7. The van der Waals surface area contributed by atoms with Gasteiger partial charge in [-0.15, -0.1) is 0 Å². The molecule has 0 unspecified atom stereocenters. The maximum absolute atomic E-state index is 14.5. The molecule has 0 radical (unpaired) electrons. The zero-order valence-electron chi connectivity index (χ0n) is 23.2. The number of phenols is 1. The third kappa shape index (κ3) is 3.07. The molecule has 2 aromatic rings. The van der Waals surface area contributed by atoms with Gasteiger partial charge in [-0.25, -0.2) is 9.97 Å². The van der Waals surface area contributed by atoms with Crippen molar-refractivity contribution in [3.8, 4) is 11.5 Å². The van der Waals surface area contributed by atoms with Crippen LogP contribution in [0.2, 0.25) is 0 Å². The lowest BCUT2D eigenvalue weighted by Gasteiger charge is -2.66. The average Bonchev–Trinajstić information content (AvgIpc) is 3.63. The van der Waals surface area contributed by atoms with E-state index in [1.807, 2.05) is 12.1 Å². The van der Waals surface area contributed by atoms with Crippen LogP contribution in [0.5, 0.6) is 11.5 Å². The number of aromatic hydroxyl groups is 1. The third-order valence-corrected chi connectivity index (χ3v) is 12.1. The summed E-state index contributed by atoms with van der Waals surface area (Å²) in [6, 6.07) is 6.27. The largest absolute Gasteiger partial charge is 0.504 e. The zero-order chi connectivity index (χ0) is 26.6. The smallest absolute Gasteiger partial charge is 0.240 e. The number of benzene rings is 1. The number of nitrogens with zero attached hydrogens (tertiary/aromatic N) is 5. The normalized spacial score (nSPS) is 37.8. The predicted molar refractivity (Wildman–Crippen MR) is 148 cm³/mol. The van der Waals surface area contributed by atoms with Crippen LogP contribution in [0, 0.1) is 11.3 Å². The maximum Gasteiger partial charge on any atom is 0.240 e. The van der Waals surface area contributed by atoms with Gasteiger partial charge in [-0.1, -0.05) is 6.07 Å². The van der Waals surface area contributed by atoms with Crippen LogP contribution in [-0.2, 0) is 23.2 Å². The van der Waals surface area contributed by atoms with Crippen LogP contribution in [0.15, 0.2) is 30.6 Å². The summed E-state index contributed by atoms with van der Waals surface area (Å²) < 4.78 is 6.92. The Hall–Kier alpha value is -2.71. The second-order valence-corrected chi connectivity index (χ2v) is 13.7. The van der Waals surface area contributed by atoms with Crippen LogP contribution in [-0.4, -0.2) is 86.1 Å². The molecule has 8 heteroatoms. The molecular weight excluding hydrogens is 502 g/mol. The number of carbonyl (C=O) groups excluding carboxylic acids is 1. The Morgan fingerprint density at radius 1 is 1.02 bits per heavy atom. The van der Waals surface area contributed by atoms with E-state index >= 15 is 0 Å². The first kappa shape index (κ1) is 23.9. The molecule has 6 atom stereocenters. The van der Waals surface area contributed by atoms with E-state index in [1.54, 1.807) is 12.4 Å². The molecule has 8 nitrogen and oxygen atoms in total. The van der Waals surface area contributed by atoms with E-state index in [0.717, 1.165) is 82.1 Å². The molecule has 6 fully saturated rings. The molecule has 1 aromatic heterocycles. The summed E-state index contributed by atoms with van der Waals surface area (Å²) in [6.07, 6.45) is 13.4. The molecule has 210 valence electrons. The minimum Gasteiger partial charge on any atom is -0.504 e. The van der Waals surface area contributed by atoms with Gasteiger partial charge in [-0.05, 0) is 94.5 Å². The van der Waals surface area contributed by atoms with Crippen LogP contribution < -0.4 is 4.74 Å². The van der Waals surface area contributed by atoms with Gasteiger partial charge in [0, 0.05) is 47.9 Å². The standard InChI is InChI=1S/C32H39N5O3/c38-24-7-6-21-17-25-31-9-8-22(29-32(31,27(21)28(24)40-29)11-15-36(25)18-20-4-5-20)37(16-10-31)30(39)23-3-1-14-35(23)19-26-33-12-2-13-34-26/h2,6-7,12-13,20,22-23,25,29,38H,1,3-5,8-11,14-19H2/t22-,23+,25-,29+,31-,32+/m1/s1. The fourth-order valence-corrected chi connectivity index (χ4v) is 10.3. The molecule has 1 amide bonds. The maximum atomic E-state index is 14.5. The van der Waals surface area contributed by atoms with Gasteiger partial charge in [-0.3, -0.25) is 14.6 Å². The second kappa shape index (κ2) is 8.41. The van der Waals surface area contributed by atoms with Crippen molar-refractivity contribution >= 4 is 5.91 Å². The van der Waals surface area contributed by atoms with E-state index in [2.05, 4.69) is 30.7 Å². The van der Waals surface area contributed by atoms with Gasteiger partial charge >= 0.3 is 0 Å². The second-order valence-electron chi connectivity index (χ2n) is 13.7. The monoisotopic (exact) mass is 541 g/mol. The van der Waals surface area contributed by atoms with Gasteiger partial charge in [0.15, 0.2) is 11.5 Å². The first-order valence-electron chi connectivity index (χ1n) is 15.7. The van der Waals surface area contributed by atoms with E-state index < -0.39 is 0 Å². The fourth-order valence-electron chi connectivity index (χ4n) is 10.3. The molecule has 4 saturated heterocycles. The Balaban J connectivity index is 1.10. The molecule has 1 aromatic carbocycles. The summed E-state index contributed by atoms with van der Waals surface area (Å²) in [7, 11) is 0. The number of phenolic OH excluding ortho intramolecular Hbond substituents is 1. The molecule has 6 heterocycles. The summed E-state index contributed by atoms with van der Waals surface area (Å²) in [5, 5.41) is 11.0. The van der Waals surface area contributed by atoms with Gasteiger partial charge in [0.1, 0.15) is 11.9 Å². The predicted octanol–water partition coefficient (Wildman–Crippen LogP) is 3.27. The SMILES string of the molecule is O=C([C@@H]1CCCN1Cc1ncccn1)N1CC[C@@]23CC[C@@H]1[C@@H]1Oc4c(O)ccc5c4[C@@]12CCN(CC1CC1)[C@@H]3C5. The first-order valence-corrected chi connectivity index (χ1v) is 15.7. The highest BCUT2D eigenvalue weighted by atomic mass is 16.5. The highest BCUT2D eigenvalue weighted by molar-refractivity contribution is 5.83. The van der Waals surface area contributed by atoms with Gasteiger partial charge < -0.3 is 14.7 Å². The highest BCUT2D eigenvalue weighted by Crippen LogP contribution is 2.71. The van der Waals surface area contributed by atoms with E-state index in [0.29, 0.717) is 12.6 Å². The molecule has 4 bridgehead atoms. The van der Waals surface area contributed by atoms with Crippen molar-refractivity contribution in [2.24, 2.45) is 11.3 Å². The van der Waals surface area contributed by atoms with Crippen LogP contribution in [0.1, 0.15) is 68.3 Å². The van der Waals surface area contributed by atoms with Crippen molar-refractivity contribution in [3.63, 3.8) is 0 Å². The molecule has 5 aliphatic heterocycles. The fraction of sp³-hybridized carbons (Fsp3) is 0.656. The Morgan fingerprint density at radius 2 is 1.90 bits per heavy atom. The Morgan fingerprint density at radius 3 is 2.75 bits per heavy atom. The van der Waals surface area contributed by atoms with Crippen molar-refractivity contribution in [3.05, 3.63) is 47.5 Å². The van der Waals surface area contributed by atoms with Gasteiger partial charge in [0.25, 0.3) is 0 Å². The topological polar surface area (TPSA) is 82.0 Å². The summed E-state index contributed by atoms with van der Waals surface area (Å²) in [4.78, 5) is 30.8.